The van der Waals surface area contributed by atoms with Gasteiger partial charge in [0.1, 0.15) is 5.75 Å². The van der Waals surface area contributed by atoms with Crippen molar-refractivity contribution in [3.05, 3.63) is 28.7 Å². The highest BCUT2D eigenvalue weighted by atomic mass is 79.9. The standard InChI is InChI=1S/C14H20BrNO3/c1-10(2)12(7-8-17)16-14(18)9-19-13-6-4-3-5-11(13)15/h3-6,10,12,17H,7-9H2,1-2H3,(H,16,18). The van der Waals surface area contributed by atoms with E-state index >= 15 is 0 Å². The van der Waals surface area contributed by atoms with E-state index in [1.54, 1.807) is 6.07 Å². The molecule has 1 aromatic rings. The Labute approximate surface area is 122 Å². The zero-order chi connectivity index (χ0) is 14.3. The van der Waals surface area contributed by atoms with Crippen LogP contribution in [0.3, 0.4) is 0 Å². The van der Waals surface area contributed by atoms with Crippen molar-refractivity contribution < 1.29 is 14.6 Å². The molecule has 1 unspecified atom stereocenters. The van der Waals surface area contributed by atoms with Gasteiger partial charge >= 0.3 is 0 Å². The molecule has 0 heterocycles. The molecule has 19 heavy (non-hydrogen) atoms. The van der Waals surface area contributed by atoms with Gasteiger partial charge in [-0.25, -0.2) is 0 Å². The Morgan fingerprint density at radius 2 is 2.11 bits per heavy atom. The third kappa shape index (κ3) is 5.61. The first-order valence-corrected chi connectivity index (χ1v) is 7.11. The smallest absolute Gasteiger partial charge is 0.258 e. The maximum atomic E-state index is 11.8. The zero-order valence-corrected chi connectivity index (χ0v) is 12.8. The lowest BCUT2D eigenvalue weighted by Crippen LogP contribution is -2.41. The predicted octanol–water partition coefficient (Wildman–Crippen LogP) is 2.35. The second kappa shape index (κ2) is 8.17. The van der Waals surface area contributed by atoms with Gasteiger partial charge in [0.15, 0.2) is 6.61 Å². The molecule has 0 fully saturated rings. The molecule has 1 atom stereocenters. The lowest BCUT2D eigenvalue weighted by molar-refractivity contribution is -0.124. The number of carbonyl (C=O) groups excluding carboxylic acids is 1. The Bertz CT molecular complexity index is 409. The molecule has 0 saturated carbocycles. The van der Waals surface area contributed by atoms with Gasteiger partial charge in [-0.05, 0) is 40.4 Å². The van der Waals surface area contributed by atoms with Crippen molar-refractivity contribution >= 4 is 21.8 Å². The minimum absolute atomic E-state index is 0.0275. The topological polar surface area (TPSA) is 58.6 Å². The normalized spacial score (nSPS) is 12.3. The van der Waals surface area contributed by atoms with Gasteiger partial charge in [-0.3, -0.25) is 4.79 Å². The van der Waals surface area contributed by atoms with Crippen LogP contribution in [0.4, 0.5) is 0 Å². The molecule has 0 spiro atoms. The number of ether oxygens (including phenoxy) is 1. The minimum atomic E-state index is -0.178. The number of nitrogens with one attached hydrogen (secondary N) is 1. The Kier molecular flexibility index (Phi) is 6.87. The van der Waals surface area contributed by atoms with Gasteiger partial charge in [0, 0.05) is 12.6 Å². The summed E-state index contributed by atoms with van der Waals surface area (Å²) < 4.78 is 6.25. The number of amides is 1. The average Bonchev–Trinajstić information content (AvgIpc) is 2.37. The molecular formula is C14H20BrNO3. The fourth-order valence-corrected chi connectivity index (χ4v) is 2.06. The number of halogens is 1. The van der Waals surface area contributed by atoms with Crippen molar-refractivity contribution in [2.75, 3.05) is 13.2 Å². The number of aliphatic hydroxyl groups excluding tert-OH is 1. The van der Waals surface area contributed by atoms with E-state index in [1.165, 1.54) is 0 Å². The van der Waals surface area contributed by atoms with Crippen molar-refractivity contribution in [3.8, 4) is 5.75 Å². The van der Waals surface area contributed by atoms with E-state index in [1.807, 2.05) is 32.0 Å². The van der Waals surface area contributed by atoms with E-state index in [4.69, 9.17) is 9.84 Å². The lowest BCUT2D eigenvalue weighted by Gasteiger charge is -2.21. The van der Waals surface area contributed by atoms with Gasteiger partial charge in [-0.2, -0.15) is 0 Å². The van der Waals surface area contributed by atoms with Crippen molar-refractivity contribution in [3.63, 3.8) is 0 Å². The first-order valence-electron chi connectivity index (χ1n) is 6.32. The molecule has 4 nitrogen and oxygen atoms in total. The quantitative estimate of drug-likeness (QED) is 0.807. The molecular weight excluding hydrogens is 310 g/mol. The molecule has 0 aromatic heterocycles. The summed E-state index contributed by atoms with van der Waals surface area (Å²) in [6.07, 6.45) is 0.554. The molecule has 0 radical (unpaired) electrons. The maximum absolute atomic E-state index is 11.8. The third-order valence-corrected chi connectivity index (χ3v) is 3.44. The summed E-state index contributed by atoms with van der Waals surface area (Å²) in [6.45, 7) is 4.05. The van der Waals surface area contributed by atoms with E-state index in [0.717, 1.165) is 4.47 Å². The first-order chi connectivity index (χ1) is 9.04. The molecule has 1 aromatic carbocycles. The fraction of sp³-hybridized carbons (Fsp3) is 0.500. The molecule has 1 rings (SSSR count). The first kappa shape index (κ1) is 16.0. The maximum Gasteiger partial charge on any atom is 0.258 e. The number of carbonyl (C=O) groups is 1. The predicted molar refractivity (Wildman–Crippen MR) is 78.1 cm³/mol. The van der Waals surface area contributed by atoms with Gasteiger partial charge in [-0.15, -0.1) is 0 Å². The summed E-state index contributed by atoms with van der Waals surface area (Å²) in [7, 11) is 0. The highest BCUT2D eigenvalue weighted by Gasteiger charge is 2.16. The SMILES string of the molecule is CC(C)C(CCO)NC(=O)COc1ccccc1Br. The van der Waals surface area contributed by atoms with Gasteiger partial charge in [0.05, 0.1) is 4.47 Å². The van der Waals surface area contributed by atoms with Crippen LogP contribution in [0.5, 0.6) is 5.75 Å². The Balaban J connectivity index is 2.45. The van der Waals surface area contributed by atoms with E-state index in [0.29, 0.717) is 12.2 Å². The minimum Gasteiger partial charge on any atom is -0.483 e. The summed E-state index contributed by atoms with van der Waals surface area (Å²) in [5, 5.41) is 11.8. The van der Waals surface area contributed by atoms with Gasteiger partial charge in [0.2, 0.25) is 0 Å². The van der Waals surface area contributed by atoms with Gasteiger partial charge in [-0.1, -0.05) is 26.0 Å². The molecule has 0 aliphatic heterocycles. The van der Waals surface area contributed by atoms with Crippen LogP contribution in [-0.2, 0) is 4.79 Å². The molecule has 2 N–H and O–H groups in total. The molecule has 106 valence electrons. The fourth-order valence-electron chi connectivity index (χ4n) is 1.66. The second-order valence-electron chi connectivity index (χ2n) is 4.65. The van der Waals surface area contributed by atoms with Crippen LogP contribution in [-0.4, -0.2) is 30.3 Å². The Hall–Kier alpha value is -1.07. The summed E-state index contributed by atoms with van der Waals surface area (Å²) in [4.78, 5) is 11.8. The van der Waals surface area contributed by atoms with E-state index in [2.05, 4.69) is 21.2 Å². The van der Waals surface area contributed by atoms with Crippen LogP contribution >= 0.6 is 15.9 Å². The third-order valence-electron chi connectivity index (χ3n) is 2.79. The van der Waals surface area contributed by atoms with Crippen LogP contribution < -0.4 is 10.1 Å². The molecule has 0 aliphatic carbocycles. The number of para-hydroxylation sites is 1. The molecule has 5 heteroatoms. The molecule has 0 bridgehead atoms. The number of benzene rings is 1. The number of aliphatic hydroxyl groups is 1. The van der Waals surface area contributed by atoms with Crippen LogP contribution in [0.15, 0.2) is 28.7 Å². The lowest BCUT2D eigenvalue weighted by atomic mass is 10.0. The van der Waals surface area contributed by atoms with Gasteiger partial charge in [0.25, 0.3) is 5.91 Å². The van der Waals surface area contributed by atoms with Crippen molar-refractivity contribution in [2.45, 2.75) is 26.3 Å². The van der Waals surface area contributed by atoms with Crippen LogP contribution in [0, 0.1) is 5.92 Å². The molecule has 0 aliphatic rings. The molecule has 0 saturated heterocycles. The van der Waals surface area contributed by atoms with E-state index in [9.17, 15) is 4.79 Å². The van der Waals surface area contributed by atoms with E-state index < -0.39 is 0 Å². The largest absolute Gasteiger partial charge is 0.483 e. The van der Waals surface area contributed by atoms with Crippen molar-refractivity contribution in [1.29, 1.82) is 0 Å². The summed E-state index contributed by atoms with van der Waals surface area (Å²) in [5.74, 6) is 0.739. The summed E-state index contributed by atoms with van der Waals surface area (Å²) in [6, 6.07) is 7.36. The van der Waals surface area contributed by atoms with Crippen molar-refractivity contribution in [2.24, 2.45) is 5.92 Å². The Morgan fingerprint density at radius 3 is 2.68 bits per heavy atom. The van der Waals surface area contributed by atoms with Crippen LogP contribution in [0.1, 0.15) is 20.3 Å². The number of rotatable bonds is 7. The summed E-state index contributed by atoms with van der Waals surface area (Å²) >= 11 is 3.36. The zero-order valence-electron chi connectivity index (χ0n) is 11.2. The van der Waals surface area contributed by atoms with Crippen molar-refractivity contribution in [1.82, 2.24) is 5.32 Å². The van der Waals surface area contributed by atoms with Gasteiger partial charge < -0.3 is 15.2 Å². The molecule has 1 amide bonds. The Morgan fingerprint density at radius 1 is 1.42 bits per heavy atom. The highest BCUT2D eigenvalue weighted by Crippen LogP contribution is 2.23. The average molecular weight is 330 g/mol. The van der Waals surface area contributed by atoms with Crippen LogP contribution in [0.2, 0.25) is 0 Å². The second-order valence-corrected chi connectivity index (χ2v) is 5.50. The monoisotopic (exact) mass is 329 g/mol. The number of hydrogen-bond acceptors (Lipinski definition) is 3. The number of hydrogen-bond donors (Lipinski definition) is 2. The van der Waals surface area contributed by atoms with E-state index in [-0.39, 0.29) is 31.1 Å². The van der Waals surface area contributed by atoms with Crippen LogP contribution in [0.25, 0.3) is 0 Å². The highest BCUT2D eigenvalue weighted by molar-refractivity contribution is 9.10. The summed E-state index contributed by atoms with van der Waals surface area (Å²) in [5.41, 5.74) is 0.